The molecule has 19 heteroatoms. The van der Waals surface area contributed by atoms with Crippen molar-refractivity contribution in [1.82, 2.24) is 15.5 Å². The molecule has 2 aliphatic rings. The summed E-state index contributed by atoms with van der Waals surface area (Å²) in [6, 6.07) is 5.68. The lowest BCUT2D eigenvalue weighted by Gasteiger charge is -2.56. The molecule has 0 aliphatic carbocycles. The number of aromatic hydroxyl groups is 2. The maximum absolute atomic E-state index is 14.0. The second-order valence-corrected chi connectivity index (χ2v) is 11.8. The van der Waals surface area contributed by atoms with Gasteiger partial charge in [0, 0.05) is 25.4 Å². The lowest BCUT2D eigenvalue weighted by molar-refractivity contribution is -0.193. The van der Waals surface area contributed by atoms with Crippen LogP contribution in [0.5, 0.6) is 17.2 Å². The number of ether oxygens (including phenoxy) is 3. The zero-order chi connectivity index (χ0) is 36.5. The highest BCUT2D eigenvalue weighted by Gasteiger charge is 2.67. The van der Waals surface area contributed by atoms with Gasteiger partial charge in [-0.2, -0.15) is 0 Å². The zero-order valence-electron chi connectivity index (χ0n) is 26.0. The number of nitrogens with zero attached hydrogens (tertiary/aromatic N) is 1. The summed E-state index contributed by atoms with van der Waals surface area (Å²) in [7, 11) is 1.10. The van der Waals surface area contributed by atoms with Gasteiger partial charge in [0.1, 0.15) is 41.3 Å². The number of esters is 1. The fourth-order valence-electron chi connectivity index (χ4n) is 5.24. The van der Waals surface area contributed by atoms with E-state index in [9.17, 15) is 48.9 Å². The van der Waals surface area contributed by atoms with Crippen molar-refractivity contribution in [3.63, 3.8) is 0 Å². The van der Waals surface area contributed by atoms with Crippen molar-refractivity contribution in [2.75, 3.05) is 26.1 Å². The minimum atomic E-state index is -2.13. The van der Waals surface area contributed by atoms with Crippen molar-refractivity contribution >= 4 is 58.4 Å². The Morgan fingerprint density at radius 1 is 1.08 bits per heavy atom. The van der Waals surface area contributed by atoms with Gasteiger partial charge >= 0.3 is 17.9 Å². The summed E-state index contributed by atoms with van der Waals surface area (Å²) in [6.45, 7) is 0.0696. The molecule has 0 spiro atoms. The van der Waals surface area contributed by atoms with E-state index < -0.39 is 99.8 Å². The molecule has 0 bridgehead atoms. The molecule has 1 fully saturated rings. The number of fused-ring (bicyclic) bond motifs is 2. The van der Waals surface area contributed by atoms with E-state index in [1.165, 1.54) is 24.3 Å². The van der Waals surface area contributed by atoms with Crippen LogP contribution >= 0.6 is 11.8 Å². The third kappa shape index (κ3) is 6.38. The number of hydrogen-bond acceptors (Lipinski definition) is 14. The minimum absolute atomic E-state index is 0.0205. The van der Waals surface area contributed by atoms with Gasteiger partial charge < -0.3 is 49.7 Å². The Morgan fingerprint density at radius 3 is 2.40 bits per heavy atom. The molecule has 2 aliphatic heterocycles. The first kappa shape index (κ1) is 35.2. The number of phenols is 2. The summed E-state index contributed by atoms with van der Waals surface area (Å²) < 4.78 is 20.8. The molecule has 3 heterocycles. The SMILES string of the molecule is CO[C@@]1(NC(=O)C(NC(=O)c2coc3c(O)c(O)ccc3c2=O)c2ccc(OCC(=O)O)cc2)C(=O)N2C(C(=O)O)=C(COC(C)=O)CS[C@@H]21. The number of phenolic OH excluding ortho intramolecular Hbond substituents is 2. The van der Waals surface area contributed by atoms with Gasteiger partial charge in [0.15, 0.2) is 17.9 Å². The number of carbonyl (C=O) groups excluding carboxylic acids is 4. The number of amides is 3. The van der Waals surface area contributed by atoms with Crippen molar-refractivity contribution in [3.05, 3.63) is 75.3 Å². The first-order valence-electron chi connectivity index (χ1n) is 14.3. The molecular weight excluding hydrogens is 686 g/mol. The fourth-order valence-corrected chi connectivity index (χ4v) is 6.66. The van der Waals surface area contributed by atoms with Crippen LogP contribution in [-0.2, 0) is 33.4 Å². The number of carboxylic acids is 2. The van der Waals surface area contributed by atoms with E-state index in [1.807, 2.05) is 0 Å². The number of rotatable bonds is 12. The van der Waals surface area contributed by atoms with Gasteiger partial charge in [0.25, 0.3) is 17.5 Å². The molecule has 3 amide bonds. The highest BCUT2D eigenvalue weighted by atomic mass is 32.2. The third-order valence-electron chi connectivity index (χ3n) is 7.65. The Hall–Kier alpha value is -6.08. The number of carbonyl (C=O) groups is 6. The Balaban J connectivity index is 1.47. The van der Waals surface area contributed by atoms with Crippen LogP contribution in [0, 0.1) is 0 Å². The zero-order valence-corrected chi connectivity index (χ0v) is 26.8. The first-order chi connectivity index (χ1) is 23.7. The predicted molar refractivity (Wildman–Crippen MR) is 168 cm³/mol. The van der Waals surface area contributed by atoms with Crippen molar-refractivity contribution < 1.29 is 67.8 Å². The summed E-state index contributed by atoms with van der Waals surface area (Å²) in [5.74, 6) is -7.82. The highest BCUT2D eigenvalue weighted by Crippen LogP contribution is 2.47. The summed E-state index contributed by atoms with van der Waals surface area (Å²) in [5, 5.41) is 42.1. The van der Waals surface area contributed by atoms with Crippen LogP contribution in [0.1, 0.15) is 28.9 Å². The first-order valence-corrected chi connectivity index (χ1v) is 15.4. The molecule has 3 atom stereocenters. The van der Waals surface area contributed by atoms with E-state index in [1.54, 1.807) is 0 Å². The van der Waals surface area contributed by atoms with E-state index in [2.05, 4.69) is 10.6 Å². The molecule has 5 rings (SSSR count). The van der Waals surface area contributed by atoms with Gasteiger partial charge in [-0.3, -0.25) is 28.9 Å². The molecule has 18 nitrogen and oxygen atoms in total. The van der Waals surface area contributed by atoms with Gasteiger partial charge in [-0.05, 0) is 29.8 Å². The molecular formula is C31H27N3O15S. The van der Waals surface area contributed by atoms with Gasteiger partial charge in [0.2, 0.25) is 17.1 Å². The van der Waals surface area contributed by atoms with Gasteiger partial charge in [-0.25, -0.2) is 9.59 Å². The Bertz CT molecular complexity index is 2030. The lowest BCUT2D eigenvalue weighted by Crippen LogP contribution is -2.81. The van der Waals surface area contributed by atoms with E-state index in [0.29, 0.717) is 6.26 Å². The normalized spacial score (nSPS) is 18.8. The van der Waals surface area contributed by atoms with Crippen LogP contribution in [0.3, 0.4) is 0 Å². The van der Waals surface area contributed by atoms with Gasteiger partial charge in [-0.15, -0.1) is 11.8 Å². The van der Waals surface area contributed by atoms with Crippen LogP contribution in [0.4, 0.5) is 0 Å². The summed E-state index contributed by atoms with van der Waals surface area (Å²) in [6.07, 6.45) is 0.715. The topological polar surface area (TPSA) is 269 Å². The number of β-lactam (4-membered cyclic amide) rings is 1. The smallest absolute Gasteiger partial charge is 0.352 e. The highest BCUT2D eigenvalue weighted by molar-refractivity contribution is 8.00. The molecule has 3 aromatic rings. The number of nitrogens with one attached hydrogen (secondary N) is 2. The number of thioether (sulfide) groups is 1. The number of benzene rings is 2. The van der Waals surface area contributed by atoms with Crippen LogP contribution in [0.25, 0.3) is 11.0 Å². The van der Waals surface area contributed by atoms with Crippen LogP contribution in [0.15, 0.2) is 63.1 Å². The number of hydrogen-bond donors (Lipinski definition) is 6. The quantitative estimate of drug-likeness (QED) is 0.0642. The Morgan fingerprint density at radius 2 is 1.78 bits per heavy atom. The maximum atomic E-state index is 14.0. The average molecular weight is 714 g/mol. The molecule has 2 aromatic carbocycles. The van der Waals surface area contributed by atoms with Gasteiger partial charge in [-0.1, -0.05) is 12.1 Å². The Labute approximate surface area is 284 Å². The number of methoxy groups -OCH3 is 1. The van der Waals surface area contributed by atoms with E-state index in [0.717, 1.165) is 42.8 Å². The molecule has 262 valence electrons. The van der Waals surface area contributed by atoms with Crippen molar-refractivity contribution in [2.45, 2.75) is 24.1 Å². The molecule has 1 unspecified atom stereocenters. The Kier molecular flexibility index (Phi) is 9.73. The third-order valence-corrected chi connectivity index (χ3v) is 9.02. The van der Waals surface area contributed by atoms with E-state index in [4.69, 9.17) is 23.7 Å². The van der Waals surface area contributed by atoms with E-state index in [-0.39, 0.29) is 28.0 Å². The number of carboxylic acid groups (broad SMARTS) is 2. The second kappa shape index (κ2) is 13.8. The average Bonchev–Trinajstić information content (AvgIpc) is 3.08. The molecule has 1 aromatic heterocycles. The monoisotopic (exact) mass is 713 g/mol. The van der Waals surface area contributed by atoms with Crippen molar-refractivity contribution in [2.24, 2.45) is 0 Å². The molecule has 1 saturated heterocycles. The van der Waals surface area contributed by atoms with Crippen molar-refractivity contribution in [3.8, 4) is 17.2 Å². The maximum Gasteiger partial charge on any atom is 0.352 e. The summed E-state index contributed by atoms with van der Waals surface area (Å²) in [5.41, 5.74) is -4.32. The van der Waals surface area contributed by atoms with E-state index >= 15 is 0 Å². The van der Waals surface area contributed by atoms with Crippen LogP contribution in [-0.4, -0.2) is 98.1 Å². The van der Waals surface area contributed by atoms with Crippen molar-refractivity contribution in [1.29, 1.82) is 0 Å². The number of aliphatic carboxylic acids is 2. The van der Waals surface area contributed by atoms with Gasteiger partial charge in [0.05, 0.1) is 5.39 Å². The molecule has 50 heavy (non-hydrogen) atoms. The predicted octanol–water partition coefficient (Wildman–Crippen LogP) is 0.415. The standard InChI is InChI=1S/C31H27N3O15S/c1-13(35)47-9-15-12-50-30-31(46-2,29(45)34(30)22(15)28(43)44)33-27(42)21(14-3-5-16(6-4-14)48-11-20(37)38)32-26(41)18-10-49-25-17(23(18)39)7-8-19(36)24(25)40/h3-8,10,21,30,36,40H,9,11-12H2,1-2H3,(H,32,41)(H,33,42)(H,37,38)(H,43,44)/t21?,30-,31+/m1/s1. The van der Waals surface area contributed by atoms with Crippen LogP contribution < -0.4 is 20.8 Å². The molecule has 0 radical (unpaired) electrons. The largest absolute Gasteiger partial charge is 0.504 e. The second-order valence-electron chi connectivity index (χ2n) is 10.8. The fraction of sp³-hybridized carbons (Fsp3) is 0.258. The summed E-state index contributed by atoms with van der Waals surface area (Å²) >= 11 is 1.01. The lowest BCUT2D eigenvalue weighted by atomic mass is 9.96. The van der Waals surface area contributed by atoms with Crippen LogP contribution in [0.2, 0.25) is 0 Å². The summed E-state index contributed by atoms with van der Waals surface area (Å²) in [4.78, 5) is 89.6. The molecule has 6 N–H and O–H groups in total. The minimum Gasteiger partial charge on any atom is -0.504 e. The molecule has 0 saturated carbocycles.